The van der Waals surface area contributed by atoms with E-state index in [4.69, 9.17) is 4.74 Å². The van der Waals surface area contributed by atoms with E-state index >= 15 is 0 Å². The number of nitrogens with one attached hydrogen (secondary N) is 2. The van der Waals surface area contributed by atoms with E-state index in [1.165, 1.54) is 5.56 Å². The number of anilines is 2. The number of benzene rings is 2. The SMILES string of the molecule is CN1CC(=O)Nc2cc(C(=O)NCc3cccc(CN4CCOCC4)c3)ccc21. The van der Waals surface area contributed by atoms with E-state index in [0.29, 0.717) is 24.3 Å². The number of amides is 2. The van der Waals surface area contributed by atoms with E-state index in [0.717, 1.165) is 44.1 Å². The van der Waals surface area contributed by atoms with Crippen molar-refractivity contribution in [3.8, 4) is 0 Å². The molecule has 0 spiro atoms. The molecule has 0 aromatic heterocycles. The fraction of sp³-hybridized carbons (Fsp3) is 0.364. The maximum Gasteiger partial charge on any atom is 0.251 e. The van der Waals surface area contributed by atoms with E-state index in [9.17, 15) is 9.59 Å². The normalized spacial score (nSPS) is 16.9. The molecule has 2 amide bonds. The first-order valence-corrected chi connectivity index (χ1v) is 9.89. The third kappa shape index (κ3) is 4.75. The molecule has 1 fully saturated rings. The monoisotopic (exact) mass is 394 g/mol. The highest BCUT2D eigenvalue weighted by Crippen LogP contribution is 2.29. The van der Waals surface area contributed by atoms with Gasteiger partial charge in [-0.2, -0.15) is 0 Å². The molecule has 29 heavy (non-hydrogen) atoms. The maximum atomic E-state index is 12.6. The molecular weight excluding hydrogens is 368 g/mol. The van der Waals surface area contributed by atoms with Crippen LogP contribution < -0.4 is 15.5 Å². The van der Waals surface area contributed by atoms with Crippen LogP contribution in [0.4, 0.5) is 11.4 Å². The average molecular weight is 394 g/mol. The van der Waals surface area contributed by atoms with Crippen molar-refractivity contribution in [1.29, 1.82) is 0 Å². The first-order chi connectivity index (χ1) is 14.1. The minimum atomic E-state index is -0.158. The Morgan fingerprint density at radius 3 is 2.76 bits per heavy atom. The Morgan fingerprint density at radius 1 is 1.14 bits per heavy atom. The fourth-order valence-electron chi connectivity index (χ4n) is 3.74. The van der Waals surface area contributed by atoms with E-state index in [2.05, 4.69) is 27.7 Å². The summed E-state index contributed by atoms with van der Waals surface area (Å²) in [5, 5.41) is 5.81. The van der Waals surface area contributed by atoms with E-state index in [-0.39, 0.29) is 11.8 Å². The van der Waals surface area contributed by atoms with Gasteiger partial charge in [-0.25, -0.2) is 0 Å². The van der Waals surface area contributed by atoms with Crippen LogP contribution in [0.5, 0.6) is 0 Å². The maximum absolute atomic E-state index is 12.6. The zero-order chi connectivity index (χ0) is 20.2. The minimum absolute atomic E-state index is 0.0744. The summed E-state index contributed by atoms with van der Waals surface area (Å²) in [5.74, 6) is -0.233. The number of hydrogen-bond acceptors (Lipinski definition) is 5. The van der Waals surface area contributed by atoms with E-state index in [1.807, 2.05) is 30.1 Å². The molecule has 2 aromatic rings. The predicted molar refractivity (Wildman–Crippen MR) is 112 cm³/mol. The van der Waals surface area contributed by atoms with Crippen molar-refractivity contribution in [2.45, 2.75) is 13.1 Å². The van der Waals surface area contributed by atoms with E-state index < -0.39 is 0 Å². The summed E-state index contributed by atoms with van der Waals surface area (Å²) < 4.78 is 5.40. The van der Waals surface area contributed by atoms with Gasteiger partial charge in [0, 0.05) is 38.8 Å². The zero-order valence-corrected chi connectivity index (χ0v) is 16.6. The first-order valence-electron chi connectivity index (χ1n) is 9.89. The molecular formula is C22H26N4O3. The lowest BCUT2D eigenvalue weighted by molar-refractivity contribution is -0.115. The van der Waals surface area contributed by atoms with Crippen LogP contribution in [0.1, 0.15) is 21.5 Å². The number of rotatable bonds is 5. The van der Waals surface area contributed by atoms with Gasteiger partial charge in [-0.1, -0.05) is 24.3 Å². The smallest absolute Gasteiger partial charge is 0.251 e. The van der Waals surface area contributed by atoms with Gasteiger partial charge in [0.25, 0.3) is 5.91 Å². The number of ether oxygens (including phenoxy) is 1. The Hall–Kier alpha value is -2.90. The van der Waals surface area contributed by atoms with Crippen molar-refractivity contribution in [1.82, 2.24) is 10.2 Å². The summed E-state index contributed by atoms with van der Waals surface area (Å²) in [4.78, 5) is 28.6. The highest BCUT2D eigenvalue weighted by atomic mass is 16.5. The summed E-state index contributed by atoms with van der Waals surface area (Å²) in [7, 11) is 1.86. The number of fused-ring (bicyclic) bond motifs is 1. The molecule has 2 N–H and O–H groups in total. The summed E-state index contributed by atoms with van der Waals surface area (Å²) in [6.45, 7) is 5.14. The van der Waals surface area contributed by atoms with Crippen LogP contribution in [0.25, 0.3) is 0 Å². The number of likely N-dealkylation sites (N-methyl/N-ethyl adjacent to an activating group) is 1. The highest BCUT2D eigenvalue weighted by Gasteiger charge is 2.20. The molecule has 2 aliphatic rings. The molecule has 7 heteroatoms. The summed E-state index contributed by atoms with van der Waals surface area (Å²) in [6.07, 6.45) is 0. The molecule has 1 saturated heterocycles. The molecule has 0 radical (unpaired) electrons. The molecule has 0 unspecified atom stereocenters. The van der Waals surface area contributed by atoms with Crippen LogP contribution in [-0.4, -0.2) is 56.6 Å². The van der Waals surface area contributed by atoms with E-state index in [1.54, 1.807) is 12.1 Å². The topological polar surface area (TPSA) is 73.9 Å². The number of nitrogens with zero attached hydrogens (tertiary/aromatic N) is 2. The molecule has 0 saturated carbocycles. The Morgan fingerprint density at radius 2 is 1.93 bits per heavy atom. The lowest BCUT2D eigenvalue weighted by Gasteiger charge is -2.27. The van der Waals surface area contributed by atoms with Gasteiger partial charge in [-0.15, -0.1) is 0 Å². The van der Waals surface area contributed by atoms with Gasteiger partial charge >= 0.3 is 0 Å². The fourth-order valence-corrected chi connectivity index (χ4v) is 3.74. The molecule has 2 aromatic carbocycles. The Bertz CT molecular complexity index is 909. The molecule has 0 bridgehead atoms. The second kappa shape index (κ2) is 8.63. The van der Waals surface area contributed by atoms with Gasteiger partial charge in [-0.3, -0.25) is 14.5 Å². The zero-order valence-electron chi connectivity index (χ0n) is 16.6. The first kappa shape index (κ1) is 19.4. The molecule has 0 atom stereocenters. The summed E-state index contributed by atoms with van der Waals surface area (Å²) in [5.41, 5.74) is 4.41. The van der Waals surface area contributed by atoms with Crippen LogP contribution in [0.15, 0.2) is 42.5 Å². The van der Waals surface area contributed by atoms with Crippen molar-refractivity contribution in [3.05, 3.63) is 59.2 Å². The minimum Gasteiger partial charge on any atom is -0.379 e. The third-order valence-corrected chi connectivity index (χ3v) is 5.28. The van der Waals surface area contributed by atoms with Gasteiger partial charge in [0.15, 0.2) is 0 Å². The third-order valence-electron chi connectivity index (χ3n) is 5.28. The number of hydrogen-bond donors (Lipinski definition) is 2. The van der Waals surface area contributed by atoms with Crippen LogP contribution >= 0.6 is 0 Å². The van der Waals surface area contributed by atoms with Crippen LogP contribution in [0.2, 0.25) is 0 Å². The van der Waals surface area contributed by atoms with Crippen molar-refractivity contribution in [3.63, 3.8) is 0 Å². The Labute approximate surface area is 170 Å². The lowest BCUT2D eigenvalue weighted by atomic mass is 10.1. The molecule has 2 aliphatic heterocycles. The van der Waals surface area contributed by atoms with Crippen LogP contribution in [-0.2, 0) is 22.6 Å². The van der Waals surface area contributed by atoms with Crippen molar-refractivity contribution in [2.24, 2.45) is 0 Å². The van der Waals surface area contributed by atoms with Gasteiger partial charge in [0.1, 0.15) is 0 Å². The van der Waals surface area contributed by atoms with Gasteiger partial charge < -0.3 is 20.3 Å². The number of carbonyl (C=O) groups is 2. The molecule has 2 heterocycles. The average Bonchev–Trinajstić information content (AvgIpc) is 2.72. The van der Waals surface area contributed by atoms with Crippen LogP contribution in [0, 0.1) is 0 Å². The second-order valence-corrected chi connectivity index (χ2v) is 7.53. The predicted octanol–water partition coefficient (Wildman–Crippen LogP) is 1.84. The standard InChI is InChI=1S/C22H26N4O3/c1-25-15-21(27)24-19-12-18(5-6-20(19)25)22(28)23-13-16-3-2-4-17(11-16)14-26-7-9-29-10-8-26/h2-6,11-12H,7-10,13-15H2,1H3,(H,23,28)(H,24,27). The number of carbonyl (C=O) groups excluding carboxylic acids is 2. The molecule has 4 rings (SSSR count). The van der Waals surface area contributed by atoms with Gasteiger partial charge in [0.2, 0.25) is 5.91 Å². The molecule has 7 nitrogen and oxygen atoms in total. The molecule has 0 aliphatic carbocycles. The van der Waals surface area contributed by atoms with Crippen molar-refractivity contribution in [2.75, 3.05) is 50.1 Å². The lowest BCUT2D eigenvalue weighted by Crippen LogP contribution is -2.35. The Balaban J connectivity index is 1.38. The Kier molecular flexibility index (Phi) is 5.78. The van der Waals surface area contributed by atoms with Crippen molar-refractivity contribution >= 4 is 23.2 Å². The largest absolute Gasteiger partial charge is 0.379 e. The highest BCUT2D eigenvalue weighted by molar-refractivity contribution is 6.03. The molecule has 152 valence electrons. The summed E-state index contributed by atoms with van der Waals surface area (Å²) >= 11 is 0. The van der Waals surface area contributed by atoms with Crippen molar-refractivity contribution < 1.29 is 14.3 Å². The van der Waals surface area contributed by atoms with Crippen LogP contribution in [0.3, 0.4) is 0 Å². The number of morpholine rings is 1. The second-order valence-electron chi connectivity index (χ2n) is 7.53. The summed E-state index contributed by atoms with van der Waals surface area (Å²) in [6, 6.07) is 13.7. The quantitative estimate of drug-likeness (QED) is 0.810. The van der Waals surface area contributed by atoms with Gasteiger partial charge in [-0.05, 0) is 29.3 Å². The van der Waals surface area contributed by atoms with Gasteiger partial charge in [0.05, 0.1) is 31.1 Å².